The highest BCUT2D eigenvalue weighted by Gasteiger charge is 2.10. The van der Waals surface area contributed by atoms with E-state index in [0.717, 1.165) is 18.4 Å². The molecule has 0 aliphatic carbocycles. The van der Waals surface area contributed by atoms with Gasteiger partial charge in [0.15, 0.2) is 0 Å². The van der Waals surface area contributed by atoms with E-state index in [1.807, 2.05) is 26.8 Å². The first-order chi connectivity index (χ1) is 8.97. The van der Waals surface area contributed by atoms with Crippen molar-refractivity contribution in [1.82, 2.24) is 9.55 Å². The van der Waals surface area contributed by atoms with Crippen LogP contribution in [0.25, 0.3) is 0 Å². The van der Waals surface area contributed by atoms with Crippen molar-refractivity contribution in [3.8, 4) is 0 Å². The second kappa shape index (κ2) is 6.82. The lowest BCUT2D eigenvalue weighted by atomic mass is 10.3. The van der Waals surface area contributed by atoms with Crippen LogP contribution in [-0.2, 0) is 6.54 Å². The van der Waals surface area contributed by atoms with Gasteiger partial charge >= 0.3 is 5.69 Å². The zero-order valence-electron chi connectivity index (χ0n) is 11.7. The van der Waals surface area contributed by atoms with Gasteiger partial charge in [-0.3, -0.25) is 14.3 Å². The van der Waals surface area contributed by atoms with Gasteiger partial charge in [-0.25, -0.2) is 4.79 Å². The first-order valence-electron chi connectivity index (χ1n) is 6.47. The second-order valence-electron chi connectivity index (χ2n) is 4.69. The maximum absolute atomic E-state index is 11.7. The summed E-state index contributed by atoms with van der Waals surface area (Å²) in [5, 5.41) is 2.95. The van der Waals surface area contributed by atoms with Crippen molar-refractivity contribution in [3.63, 3.8) is 0 Å². The predicted octanol–water partition coefficient (Wildman–Crippen LogP) is 1.30. The van der Waals surface area contributed by atoms with Crippen LogP contribution in [0.1, 0.15) is 33.6 Å². The third-order valence-electron chi connectivity index (χ3n) is 2.76. The summed E-state index contributed by atoms with van der Waals surface area (Å²) >= 11 is 0. The van der Waals surface area contributed by atoms with Crippen LogP contribution >= 0.6 is 0 Å². The van der Waals surface area contributed by atoms with Crippen LogP contribution in [0.5, 0.6) is 0 Å². The first-order valence-corrected chi connectivity index (χ1v) is 6.47. The molecule has 0 aliphatic rings. The van der Waals surface area contributed by atoms with E-state index < -0.39 is 11.2 Å². The van der Waals surface area contributed by atoms with E-state index in [9.17, 15) is 9.59 Å². The minimum atomic E-state index is -0.475. The lowest BCUT2D eigenvalue weighted by Gasteiger charge is -2.12. The number of aromatic amines is 1. The number of unbranched alkanes of at least 4 members (excludes halogenated alkanes) is 1. The quantitative estimate of drug-likeness (QED) is 0.676. The van der Waals surface area contributed by atoms with Gasteiger partial charge in [-0.2, -0.15) is 0 Å². The van der Waals surface area contributed by atoms with Crippen LogP contribution in [0.3, 0.4) is 0 Å². The first kappa shape index (κ1) is 15.1. The van der Waals surface area contributed by atoms with Crippen LogP contribution in [0.4, 0.5) is 11.5 Å². The molecule has 1 rings (SSSR count). The number of allylic oxidation sites excluding steroid dienone is 1. The maximum Gasteiger partial charge on any atom is 0.330 e. The maximum atomic E-state index is 11.7. The van der Waals surface area contributed by atoms with Crippen LogP contribution in [0.2, 0.25) is 0 Å². The van der Waals surface area contributed by atoms with E-state index >= 15 is 0 Å². The van der Waals surface area contributed by atoms with Gasteiger partial charge in [0.1, 0.15) is 11.5 Å². The fraction of sp³-hybridized carbons (Fsp3) is 0.538. The van der Waals surface area contributed by atoms with Crippen molar-refractivity contribution in [2.24, 2.45) is 0 Å². The largest absolute Gasteiger partial charge is 0.383 e. The van der Waals surface area contributed by atoms with E-state index in [1.165, 1.54) is 4.57 Å². The molecule has 0 bridgehead atoms. The van der Waals surface area contributed by atoms with Crippen molar-refractivity contribution < 1.29 is 0 Å². The Kier molecular flexibility index (Phi) is 5.41. The van der Waals surface area contributed by atoms with E-state index in [1.54, 1.807) is 0 Å². The lowest BCUT2D eigenvalue weighted by Crippen LogP contribution is -2.34. The summed E-state index contributed by atoms with van der Waals surface area (Å²) in [6.07, 6.45) is 3.73. The van der Waals surface area contributed by atoms with Gasteiger partial charge in [-0.15, -0.1) is 0 Å². The molecule has 0 fully saturated rings. The molecular weight excluding hydrogens is 244 g/mol. The molecule has 0 atom stereocenters. The van der Waals surface area contributed by atoms with Crippen LogP contribution in [0, 0.1) is 0 Å². The third kappa shape index (κ3) is 4.01. The van der Waals surface area contributed by atoms with Gasteiger partial charge in [0.05, 0.1) is 0 Å². The Morgan fingerprint density at radius 2 is 2.11 bits per heavy atom. The summed E-state index contributed by atoms with van der Waals surface area (Å²) in [5.74, 6) is 0.198. The summed E-state index contributed by atoms with van der Waals surface area (Å²) in [6.45, 7) is 6.98. The molecule has 1 heterocycles. The summed E-state index contributed by atoms with van der Waals surface area (Å²) in [6, 6.07) is 0. The van der Waals surface area contributed by atoms with E-state index in [0.29, 0.717) is 13.1 Å². The second-order valence-corrected chi connectivity index (χ2v) is 4.69. The molecule has 0 spiro atoms. The number of rotatable bonds is 6. The topological polar surface area (TPSA) is 92.9 Å². The number of nitrogens with two attached hydrogens (primary N) is 1. The van der Waals surface area contributed by atoms with Gasteiger partial charge in [0.25, 0.3) is 5.56 Å². The van der Waals surface area contributed by atoms with Gasteiger partial charge in [-0.1, -0.05) is 25.0 Å². The molecule has 4 N–H and O–H groups in total. The molecule has 6 nitrogen and oxygen atoms in total. The zero-order chi connectivity index (χ0) is 14.4. The molecule has 1 aromatic rings. The van der Waals surface area contributed by atoms with Crippen molar-refractivity contribution in [2.75, 3.05) is 17.6 Å². The summed E-state index contributed by atoms with van der Waals surface area (Å²) in [4.78, 5) is 25.7. The molecule has 0 saturated heterocycles. The van der Waals surface area contributed by atoms with Gasteiger partial charge < -0.3 is 11.1 Å². The Morgan fingerprint density at radius 1 is 1.42 bits per heavy atom. The minimum absolute atomic E-state index is 0.198. The molecule has 0 saturated carbocycles. The molecule has 1 aromatic heterocycles. The molecule has 106 valence electrons. The number of hydrogen-bond acceptors (Lipinski definition) is 4. The van der Waals surface area contributed by atoms with Crippen molar-refractivity contribution in [1.29, 1.82) is 0 Å². The summed E-state index contributed by atoms with van der Waals surface area (Å²) < 4.78 is 1.40. The number of nitrogen functional groups attached to an aromatic ring is 1. The van der Waals surface area contributed by atoms with E-state index in [4.69, 9.17) is 5.73 Å². The monoisotopic (exact) mass is 266 g/mol. The van der Waals surface area contributed by atoms with Gasteiger partial charge in [0.2, 0.25) is 0 Å². The minimum Gasteiger partial charge on any atom is -0.383 e. The molecule has 19 heavy (non-hydrogen) atoms. The smallest absolute Gasteiger partial charge is 0.330 e. The standard InChI is InChI=1S/C13H22N4O2/c1-4-5-8-17-11(14)10(12(18)16-13(17)19)15-7-6-9(2)3/h6,15H,4-5,7-8,14H2,1-3H3,(H,16,18,19). The molecule has 6 heteroatoms. The Hall–Kier alpha value is -1.98. The Balaban J connectivity index is 3.07. The van der Waals surface area contributed by atoms with Crippen molar-refractivity contribution in [2.45, 2.75) is 40.2 Å². The average Bonchev–Trinajstić information content (AvgIpc) is 2.32. The number of H-pyrrole nitrogens is 1. The number of nitrogens with zero attached hydrogens (tertiary/aromatic N) is 1. The van der Waals surface area contributed by atoms with Crippen molar-refractivity contribution in [3.05, 3.63) is 32.5 Å². The fourth-order valence-corrected chi connectivity index (χ4v) is 1.65. The highest BCUT2D eigenvalue weighted by molar-refractivity contribution is 5.60. The normalized spacial score (nSPS) is 10.3. The molecule has 0 aromatic carbocycles. The number of hydrogen-bond donors (Lipinski definition) is 3. The molecular formula is C13H22N4O2. The number of nitrogens with one attached hydrogen (secondary N) is 2. The van der Waals surface area contributed by atoms with E-state index in [2.05, 4.69) is 10.3 Å². The van der Waals surface area contributed by atoms with Crippen molar-refractivity contribution >= 4 is 11.5 Å². The zero-order valence-corrected chi connectivity index (χ0v) is 11.7. The highest BCUT2D eigenvalue weighted by Crippen LogP contribution is 2.10. The fourth-order valence-electron chi connectivity index (χ4n) is 1.65. The summed E-state index contributed by atoms with van der Waals surface area (Å²) in [7, 11) is 0. The van der Waals surface area contributed by atoms with Crippen LogP contribution < -0.4 is 22.3 Å². The van der Waals surface area contributed by atoms with E-state index in [-0.39, 0.29) is 11.5 Å². The number of anilines is 2. The number of aromatic nitrogens is 2. The van der Waals surface area contributed by atoms with Crippen LogP contribution in [-0.4, -0.2) is 16.1 Å². The Morgan fingerprint density at radius 3 is 2.68 bits per heavy atom. The van der Waals surface area contributed by atoms with Gasteiger partial charge in [-0.05, 0) is 20.3 Å². The summed E-state index contributed by atoms with van der Waals surface area (Å²) in [5.41, 5.74) is 6.37. The lowest BCUT2D eigenvalue weighted by molar-refractivity contribution is 0.605. The highest BCUT2D eigenvalue weighted by atomic mass is 16.2. The molecule has 0 radical (unpaired) electrons. The Labute approximate surface area is 112 Å². The molecule has 0 aliphatic heterocycles. The Bertz CT molecular complexity index is 565. The SMILES string of the molecule is CCCCn1c(N)c(NCC=C(C)C)c(=O)[nH]c1=O. The molecule has 0 unspecified atom stereocenters. The average molecular weight is 266 g/mol. The third-order valence-corrected chi connectivity index (χ3v) is 2.76. The van der Waals surface area contributed by atoms with Crippen LogP contribution in [0.15, 0.2) is 21.2 Å². The predicted molar refractivity (Wildman–Crippen MR) is 78.6 cm³/mol. The molecule has 0 amide bonds. The van der Waals surface area contributed by atoms with Gasteiger partial charge in [0, 0.05) is 13.1 Å².